The van der Waals surface area contributed by atoms with Crippen molar-refractivity contribution in [2.24, 2.45) is 4.99 Å². The van der Waals surface area contributed by atoms with Gasteiger partial charge in [-0.15, -0.1) is 0 Å². The SMILES string of the molecule is C[C@@H](NC(=O)Cc1cc2c(cn1)C(Nc1ccc(F)cc1)=NC2)c1ccccc1. The minimum absolute atomic E-state index is 0.0621. The molecule has 2 N–H and O–H groups in total. The van der Waals surface area contributed by atoms with E-state index in [0.717, 1.165) is 22.4 Å². The molecule has 2 heterocycles. The van der Waals surface area contributed by atoms with Gasteiger partial charge in [-0.3, -0.25) is 14.8 Å². The van der Waals surface area contributed by atoms with Crippen LogP contribution in [0.25, 0.3) is 0 Å². The summed E-state index contributed by atoms with van der Waals surface area (Å²) in [6.45, 7) is 2.49. The minimum atomic E-state index is -0.282. The van der Waals surface area contributed by atoms with Crippen molar-refractivity contribution in [3.8, 4) is 0 Å². The predicted octanol–water partition coefficient (Wildman–Crippen LogP) is 4.01. The second kappa shape index (κ2) is 8.22. The Labute approximate surface area is 168 Å². The molecule has 2 aromatic carbocycles. The van der Waals surface area contributed by atoms with E-state index in [4.69, 9.17) is 0 Å². The van der Waals surface area contributed by atoms with Crippen molar-refractivity contribution in [3.63, 3.8) is 0 Å². The highest BCUT2D eigenvalue weighted by atomic mass is 19.1. The van der Waals surface area contributed by atoms with E-state index in [0.29, 0.717) is 18.1 Å². The zero-order valence-corrected chi connectivity index (χ0v) is 16.0. The van der Waals surface area contributed by atoms with E-state index in [1.54, 1.807) is 18.3 Å². The van der Waals surface area contributed by atoms with Gasteiger partial charge in [0.2, 0.25) is 5.91 Å². The van der Waals surface area contributed by atoms with Crippen LogP contribution in [0.1, 0.15) is 35.3 Å². The number of carbonyl (C=O) groups excluding carboxylic acids is 1. The number of hydrogen-bond donors (Lipinski definition) is 2. The number of amidine groups is 1. The molecule has 1 atom stereocenters. The highest BCUT2D eigenvalue weighted by molar-refractivity contribution is 6.10. The number of aliphatic imine (C=N–C) groups is 1. The largest absolute Gasteiger partial charge is 0.349 e. The summed E-state index contributed by atoms with van der Waals surface area (Å²) in [5.41, 5.74) is 4.45. The molecule has 0 saturated heterocycles. The Morgan fingerprint density at radius 2 is 1.90 bits per heavy atom. The van der Waals surface area contributed by atoms with Crippen LogP contribution in [-0.2, 0) is 17.8 Å². The van der Waals surface area contributed by atoms with Crippen molar-refractivity contribution in [1.29, 1.82) is 0 Å². The van der Waals surface area contributed by atoms with Crippen molar-refractivity contribution >= 4 is 17.4 Å². The molecule has 0 radical (unpaired) electrons. The Morgan fingerprint density at radius 1 is 1.14 bits per heavy atom. The van der Waals surface area contributed by atoms with E-state index < -0.39 is 0 Å². The van der Waals surface area contributed by atoms with Crippen molar-refractivity contribution in [2.45, 2.75) is 25.9 Å². The number of aromatic nitrogens is 1. The highest BCUT2D eigenvalue weighted by Gasteiger charge is 2.18. The second-order valence-corrected chi connectivity index (χ2v) is 7.01. The van der Waals surface area contributed by atoms with Crippen molar-refractivity contribution in [1.82, 2.24) is 10.3 Å². The number of anilines is 1. The van der Waals surface area contributed by atoms with Crippen LogP contribution in [0.2, 0.25) is 0 Å². The van der Waals surface area contributed by atoms with E-state index in [9.17, 15) is 9.18 Å². The number of fused-ring (bicyclic) bond motifs is 1. The summed E-state index contributed by atoms with van der Waals surface area (Å²) in [6.07, 6.45) is 1.95. The van der Waals surface area contributed by atoms with Gasteiger partial charge in [0.25, 0.3) is 0 Å². The number of amides is 1. The van der Waals surface area contributed by atoms with Gasteiger partial charge in [0.05, 0.1) is 24.7 Å². The predicted molar refractivity (Wildman–Crippen MR) is 111 cm³/mol. The van der Waals surface area contributed by atoms with E-state index in [-0.39, 0.29) is 24.2 Å². The van der Waals surface area contributed by atoms with Crippen molar-refractivity contribution in [2.75, 3.05) is 5.32 Å². The molecule has 5 nitrogen and oxygen atoms in total. The van der Waals surface area contributed by atoms with Crippen LogP contribution < -0.4 is 10.6 Å². The monoisotopic (exact) mass is 388 g/mol. The fraction of sp³-hybridized carbons (Fsp3) is 0.174. The Balaban J connectivity index is 1.39. The summed E-state index contributed by atoms with van der Waals surface area (Å²) in [4.78, 5) is 21.3. The zero-order valence-electron chi connectivity index (χ0n) is 16.0. The zero-order chi connectivity index (χ0) is 20.2. The van der Waals surface area contributed by atoms with Gasteiger partial charge in [-0.25, -0.2) is 4.39 Å². The Bertz CT molecular complexity index is 1050. The molecule has 3 aromatic rings. The normalized spacial score (nSPS) is 13.4. The van der Waals surface area contributed by atoms with E-state index in [1.807, 2.05) is 43.3 Å². The first-order chi connectivity index (χ1) is 14.1. The first-order valence-electron chi connectivity index (χ1n) is 9.48. The topological polar surface area (TPSA) is 66.4 Å². The van der Waals surface area contributed by atoms with Crippen LogP contribution in [0.3, 0.4) is 0 Å². The third kappa shape index (κ3) is 4.48. The number of hydrogen-bond acceptors (Lipinski definition) is 4. The lowest BCUT2D eigenvalue weighted by molar-refractivity contribution is -0.121. The Hall–Kier alpha value is -3.54. The molecule has 6 heteroatoms. The number of halogens is 1. The van der Waals surface area contributed by atoms with Crippen LogP contribution in [0.5, 0.6) is 0 Å². The number of benzene rings is 2. The van der Waals surface area contributed by atoms with Gasteiger partial charge < -0.3 is 10.6 Å². The third-order valence-electron chi connectivity index (χ3n) is 4.83. The Kier molecular flexibility index (Phi) is 5.33. The molecule has 4 rings (SSSR count). The molecular weight excluding hydrogens is 367 g/mol. The summed E-state index contributed by atoms with van der Waals surface area (Å²) in [5, 5.41) is 6.20. The lowest BCUT2D eigenvalue weighted by Crippen LogP contribution is -2.28. The fourth-order valence-electron chi connectivity index (χ4n) is 3.30. The molecule has 146 valence electrons. The van der Waals surface area contributed by atoms with Crippen molar-refractivity contribution < 1.29 is 9.18 Å². The average molecular weight is 388 g/mol. The molecule has 0 fully saturated rings. The average Bonchev–Trinajstić information content (AvgIpc) is 3.12. The minimum Gasteiger partial charge on any atom is -0.349 e. The van der Waals surface area contributed by atoms with Gasteiger partial charge in [0.15, 0.2) is 0 Å². The third-order valence-corrected chi connectivity index (χ3v) is 4.83. The first-order valence-corrected chi connectivity index (χ1v) is 9.48. The second-order valence-electron chi connectivity index (χ2n) is 7.01. The van der Waals surface area contributed by atoms with Crippen LogP contribution in [-0.4, -0.2) is 16.7 Å². The summed E-state index contributed by atoms with van der Waals surface area (Å²) in [5.74, 6) is 0.348. The van der Waals surface area contributed by atoms with Crippen molar-refractivity contribution in [3.05, 3.63) is 95.1 Å². The molecule has 1 aliphatic heterocycles. The molecule has 0 bridgehead atoms. The van der Waals surface area contributed by atoms with E-state index in [2.05, 4.69) is 20.6 Å². The molecule has 0 unspecified atom stereocenters. The molecule has 0 aliphatic carbocycles. The summed E-state index contributed by atoms with van der Waals surface area (Å²) in [7, 11) is 0. The molecule has 1 amide bonds. The van der Waals surface area contributed by atoms with Crippen LogP contribution >= 0.6 is 0 Å². The van der Waals surface area contributed by atoms with Gasteiger partial charge in [-0.1, -0.05) is 30.3 Å². The van der Waals surface area contributed by atoms with Gasteiger partial charge in [0, 0.05) is 17.4 Å². The molecule has 1 aromatic heterocycles. The number of rotatable bonds is 5. The van der Waals surface area contributed by atoms with Gasteiger partial charge >= 0.3 is 0 Å². The summed E-state index contributed by atoms with van der Waals surface area (Å²) < 4.78 is 13.1. The number of pyridine rings is 1. The summed E-state index contributed by atoms with van der Waals surface area (Å²) >= 11 is 0. The number of carbonyl (C=O) groups is 1. The summed E-state index contributed by atoms with van der Waals surface area (Å²) in [6, 6.07) is 17.8. The van der Waals surface area contributed by atoms with Crippen LogP contribution in [0.15, 0.2) is 71.9 Å². The maximum atomic E-state index is 13.1. The Morgan fingerprint density at radius 3 is 2.66 bits per heavy atom. The number of nitrogens with one attached hydrogen (secondary N) is 2. The molecule has 1 aliphatic rings. The maximum absolute atomic E-state index is 13.1. The fourth-order valence-corrected chi connectivity index (χ4v) is 3.30. The van der Waals surface area contributed by atoms with E-state index in [1.165, 1.54) is 12.1 Å². The van der Waals surface area contributed by atoms with Gasteiger partial charge in [-0.2, -0.15) is 0 Å². The quantitative estimate of drug-likeness (QED) is 0.694. The highest BCUT2D eigenvalue weighted by Crippen LogP contribution is 2.21. The van der Waals surface area contributed by atoms with Crippen LogP contribution in [0, 0.1) is 5.82 Å². The molecule has 29 heavy (non-hydrogen) atoms. The molecular formula is C23H21FN4O. The van der Waals surface area contributed by atoms with Gasteiger partial charge in [0.1, 0.15) is 11.7 Å². The molecule has 0 spiro atoms. The number of nitrogens with zero attached hydrogens (tertiary/aromatic N) is 2. The smallest absolute Gasteiger partial charge is 0.226 e. The van der Waals surface area contributed by atoms with Gasteiger partial charge in [-0.05, 0) is 48.4 Å². The maximum Gasteiger partial charge on any atom is 0.226 e. The lowest BCUT2D eigenvalue weighted by atomic mass is 10.1. The standard InChI is InChI=1S/C23H21FN4O/c1-15(16-5-3-2-4-6-16)27-22(29)12-20-11-17-13-26-23(21(17)14-25-20)28-19-9-7-18(24)8-10-19/h2-11,14-15H,12-13H2,1H3,(H,26,28)(H,27,29)/t15-/m1/s1. The molecule has 0 saturated carbocycles. The first kappa shape index (κ1) is 18.8. The van der Waals surface area contributed by atoms with Crippen LogP contribution in [0.4, 0.5) is 10.1 Å². The lowest BCUT2D eigenvalue weighted by Gasteiger charge is -2.14. The van der Waals surface area contributed by atoms with E-state index >= 15 is 0 Å².